The van der Waals surface area contributed by atoms with Crippen LogP contribution in [0.1, 0.15) is 35.0 Å². The van der Waals surface area contributed by atoms with Crippen LogP contribution in [0, 0.1) is 12.8 Å². The van der Waals surface area contributed by atoms with Crippen LogP contribution in [0.25, 0.3) is 10.2 Å². The summed E-state index contributed by atoms with van der Waals surface area (Å²) < 4.78 is 17.3. The first kappa shape index (κ1) is 25.5. The van der Waals surface area contributed by atoms with Gasteiger partial charge in [-0.1, -0.05) is 6.92 Å². The zero-order chi connectivity index (χ0) is 26.0. The Bertz CT molecular complexity index is 1340. The van der Waals surface area contributed by atoms with E-state index in [0.29, 0.717) is 62.6 Å². The average Bonchev–Trinajstić information content (AvgIpc) is 3.22. The van der Waals surface area contributed by atoms with E-state index in [9.17, 15) is 14.4 Å². The van der Waals surface area contributed by atoms with Gasteiger partial charge < -0.3 is 24.4 Å². The quantitative estimate of drug-likeness (QED) is 0.515. The Kier molecular flexibility index (Phi) is 7.48. The largest absolute Gasteiger partial charge is 0.493 e. The third-order valence-electron chi connectivity index (χ3n) is 6.36. The van der Waals surface area contributed by atoms with Crippen LogP contribution in [0.2, 0.25) is 0 Å². The summed E-state index contributed by atoms with van der Waals surface area (Å²) in [6, 6.07) is 3.25. The van der Waals surface area contributed by atoms with Crippen LogP contribution < -0.4 is 25.1 Å². The standard InChI is InChI=1S/C25H30N4O6S/c1-14-7-6-8-28(11-14)19(30)12-29-13-26-24-20(25(29)32)15(2)22(36-24)23(31)27-16-9-17(33-3)21(35-5)18(10-16)34-4/h9-10,13-14H,6-8,11-12H2,1-5H3,(H,27,31)/t14-/m1/s1. The van der Waals surface area contributed by atoms with Crippen LogP contribution >= 0.6 is 11.3 Å². The Morgan fingerprint density at radius 2 is 1.86 bits per heavy atom. The SMILES string of the molecule is COc1cc(NC(=O)c2sc3ncn(CC(=O)N4CCC[C@@H](C)C4)c(=O)c3c2C)cc(OC)c1OC. The van der Waals surface area contributed by atoms with Crippen molar-refractivity contribution in [2.75, 3.05) is 39.7 Å². The van der Waals surface area contributed by atoms with Gasteiger partial charge in [0.25, 0.3) is 11.5 Å². The van der Waals surface area contributed by atoms with E-state index in [1.54, 1.807) is 19.1 Å². The molecule has 0 unspecified atom stereocenters. The topological polar surface area (TPSA) is 112 Å². The Balaban J connectivity index is 1.60. The van der Waals surface area contributed by atoms with Crippen molar-refractivity contribution < 1.29 is 23.8 Å². The van der Waals surface area contributed by atoms with E-state index in [-0.39, 0.29) is 18.0 Å². The van der Waals surface area contributed by atoms with Crippen molar-refractivity contribution in [2.24, 2.45) is 5.92 Å². The van der Waals surface area contributed by atoms with E-state index < -0.39 is 5.91 Å². The number of nitrogens with zero attached hydrogens (tertiary/aromatic N) is 3. The van der Waals surface area contributed by atoms with Crippen LogP contribution in [0.5, 0.6) is 17.2 Å². The number of aryl methyl sites for hydroxylation is 1. The predicted molar refractivity (Wildman–Crippen MR) is 138 cm³/mol. The minimum atomic E-state index is -0.394. The van der Waals surface area contributed by atoms with Crippen molar-refractivity contribution in [1.29, 1.82) is 0 Å². The Morgan fingerprint density at radius 1 is 1.17 bits per heavy atom. The van der Waals surface area contributed by atoms with Crippen LogP contribution in [-0.4, -0.2) is 60.7 Å². The van der Waals surface area contributed by atoms with Gasteiger partial charge in [-0.25, -0.2) is 4.98 Å². The van der Waals surface area contributed by atoms with Gasteiger partial charge in [0.05, 0.1) is 37.9 Å². The number of likely N-dealkylation sites (tertiary alicyclic amines) is 1. The molecule has 3 heterocycles. The zero-order valence-electron chi connectivity index (χ0n) is 21.0. The number of hydrogen-bond donors (Lipinski definition) is 1. The lowest BCUT2D eigenvalue weighted by Crippen LogP contribution is -2.42. The number of nitrogens with one attached hydrogen (secondary N) is 1. The maximum Gasteiger partial charge on any atom is 0.266 e. The summed E-state index contributed by atoms with van der Waals surface area (Å²) in [4.78, 5) is 46.2. The summed E-state index contributed by atoms with van der Waals surface area (Å²) in [5.74, 6) is 1.17. The molecule has 1 saturated heterocycles. The molecule has 0 bridgehead atoms. The molecule has 192 valence electrons. The molecule has 3 aromatic rings. The molecule has 1 fully saturated rings. The number of aromatic nitrogens is 2. The lowest BCUT2D eigenvalue weighted by molar-refractivity contribution is -0.133. The third-order valence-corrected chi connectivity index (χ3v) is 7.56. The highest BCUT2D eigenvalue weighted by Gasteiger charge is 2.24. The molecule has 1 aliphatic heterocycles. The van der Waals surface area contributed by atoms with Crippen LogP contribution in [-0.2, 0) is 11.3 Å². The predicted octanol–water partition coefficient (Wildman–Crippen LogP) is 3.30. The van der Waals surface area contributed by atoms with E-state index >= 15 is 0 Å². The minimum Gasteiger partial charge on any atom is -0.493 e. The van der Waals surface area contributed by atoms with Crippen molar-refractivity contribution in [3.63, 3.8) is 0 Å². The first-order valence-electron chi connectivity index (χ1n) is 11.6. The van der Waals surface area contributed by atoms with Gasteiger partial charge >= 0.3 is 0 Å². The van der Waals surface area contributed by atoms with Crippen LogP contribution in [0.15, 0.2) is 23.3 Å². The number of hydrogen-bond acceptors (Lipinski definition) is 8. The molecule has 1 aliphatic rings. The first-order chi connectivity index (χ1) is 17.3. The molecule has 2 aromatic heterocycles. The molecular weight excluding hydrogens is 484 g/mol. The molecule has 11 heteroatoms. The fraction of sp³-hybridized carbons (Fsp3) is 0.440. The maximum atomic E-state index is 13.2. The number of ether oxygens (including phenoxy) is 3. The number of amides is 2. The molecule has 0 spiro atoms. The number of piperidine rings is 1. The van der Waals surface area contributed by atoms with Gasteiger partial charge in [-0.2, -0.15) is 0 Å². The van der Waals surface area contributed by atoms with Crippen LogP contribution in [0.4, 0.5) is 5.69 Å². The van der Waals surface area contributed by atoms with E-state index in [1.165, 1.54) is 32.2 Å². The summed E-state index contributed by atoms with van der Waals surface area (Å²) in [5.41, 5.74) is 0.628. The van der Waals surface area contributed by atoms with Gasteiger partial charge in [0.15, 0.2) is 11.5 Å². The smallest absolute Gasteiger partial charge is 0.266 e. The number of benzene rings is 1. The van der Waals surface area contributed by atoms with Crippen LogP contribution in [0.3, 0.4) is 0 Å². The van der Waals surface area contributed by atoms with Crippen molar-refractivity contribution in [2.45, 2.75) is 33.2 Å². The van der Waals surface area contributed by atoms with Gasteiger partial charge in [-0.05, 0) is 31.2 Å². The number of carbonyl (C=O) groups is 2. The molecule has 1 N–H and O–H groups in total. The van der Waals surface area contributed by atoms with E-state index in [4.69, 9.17) is 14.2 Å². The molecule has 4 rings (SSSR count). The van der Waals surface area contributed by atoms with Crippen molar-refractivity contribution >= 4 is 39.1 Å². The lowest BCUT2D eigenvalue weighted by Gasteiger charge is -2.31. The molecule has 10 nitrogen and oxygen atoms in total. The summed E-state index contributed by atoms with van der Waals surface area (Å²) in [6.07, 6.45) is 3.45. The first-order valence-corrected chi connectivity index (χ1v) is 12.5. The molecule has 0 saturated carbocycles. The second-order valence-corrected chi connectivity index (χ2v) is 9.87. The Labute approximate surface area is 212 Å². The average molecular weight is 515 g/mol. The van der Waals surface area contributed by atoms with E-state index in [2.05, 4.69) is 17.2 Å². The number of anilines is 1. The van der Waals surface area contributed by atoms with Gasteiger partial charge in [0, 0.05) is 30.9 Å². The third kappa shape index (κ3) is 4.88. The summed E-state index contributed by atoms with van der Waals surface area (Å²) in [7, 11) is 4.48. The minimum absolute atomic E-state index is 0.0727. The Hall–Kier alpha value is -3.60. The fourth-order valence-corrected chi connectivity index (χ4v) is 5.53. The number of rotatable bonds is 7. The van der Waals surface area contributed by atoms with E-state index in [0.717, 1.165) is 24.2 Å². The highest BCUT2D eigenvalue weighted by Crippen LogP contribution is 2.40. The summed E-state index contributed by atoms with van der Waals surface area (Å²) in [6.45, 7) is 5.17. The number of fused-ring (bicyclic) bond motifs is 1. The van der Waals surface area contributed by atoms with Crippen molar-refractivity contribution in [3.05, 3.63) is 39.3 Å². The highest BCUT2D eigenvalue weighted by molar-refractivity contribution is 7.20. The number of methoxy groups -OCH3 is 3. The zero-order valence-corrected chi connectivity index (χ0v) is 21.9. The number of thiophene rings is 1. The second-order valence-electron chi connectivity index (χ2n) is 8.87. The molecule has 2 amide bonds. The second kappa shape index (κ2) is 10.6. The number of carbonyl (C=O) groups excluding carboxylic acids is 2. The Morgan fingerprint density at radius 3 is 2.47 bits per heavy atom. The highest BCUT2D eigenvalue weighted by atomic mass is 32.1. The lowest BCUT2D eigenvalue weighted by atomic mass is 10.0. The van der Waals surface area contributed by atoms with Gasteiger partial charge in [0.1, 0.15) is 11.4 Å². The molecule has 1 aromatic carbocycles. The van der Waals surface area contributed by atoms with Crippen molar-refractivity contribution in [1.82, 2.24) is 14.5 Å². The van der Waals surface area contributed by atoms with Gasteiger partial charge in [0.2, 0.25) is 11.7 Å². The summed E-state index contributed by atoms with van der Waals surface area (Å²) >= 11 is 1.13. The fourth-order valence-electron chi connectivity index (χ4n) is 4.49. The normalized spacial score (nSPS) is 15.6. The maximum absolute atomic E-state index is 13.2. The monoisotopic (exact) mass is 514 g/mol. The molecule has 0 aliphatic carbocycles. The van der Waals surface area contributed by atoms with Gasteiger partial charge in [-0.15, -0.1) is 11.3 Å². The van der Waals surface area contributed by atoms with Gasteiger partial charge in [-0.3, -0.25) is 19.0 Å². The molecular formula is C25H30N4O6S. The molecule has 1 atom stereocenters. The summed E-state index contributed by atoms with van der Waals surface area (Å²) in [5, 5.41) is 3.18. The van der Waals surface area contributed by atoms with E-state index in [1.807, 2.05) is 4.90 Å². The molecule has 36 heavy (non-hydrogen) atoms. The molecule has 0 radical (unpaired) electrons. The van der Waals surface area contributed by atoms with Crippen molar-refractivity contribution in [3.8, 4) is 17.2 Å².